The standard InChI is InChI=1S/C23H42O2/c1-3-5-6-7-8-10-20-11-15-21(16-12-20)23(24)25-22-17-13-19(9-4-2)14-18-22/h19-22H,3-18H2,1-2H3. The highest BCUT2D eigenvalue weighted by Gasteiger charge is 2.30. The molecule has 2 heteroatoms. The molecule has 0 bridgehead atoms. The Morgan fingerprint density at radius 1 is 0.720 bits per heavy atom. The summed E-state index contributed by atoms with van der Waals surface area (Å²) < 4.78 is 5.88. The van der Waals surface area contributed by atoms with Crippen LogP contribution in [0.1, 0.15) is 117 Å². The number of unbranched alkanes of at least 4 members (excludes halogenated alkanes) is 4. The van der Waals surface area contributed by atoms with Crippen molar-refractivity contribution in [2.45, 2.75) is 123 Å². The van der Waals surface area contributed by atoms with Crippen molar-refractivity contribution in [1.82, 2.24) is 0 Å². The molecule has 2 aliphatic carbocycles. The van der Waals surface area contributed by atoms with E-state index in [0.717, 1.165) is 37.5 Å². The molecule has 0 atom stereocenters. The summed E-state index contributed by atoms with van der Waals surface area (Å²) >= 11 is 0. The zero-order valence-corrected chi connectivity index (χ0v) is 16.9. The van der Waals surface area contributed by atoms with Gasteiger partial charge in [0.05, 0.1) is 5.92 Å². The molecular weight excluding hydrogens is 308 g/mol. The van der Waals surface area contributed by atoms with Gasteiger partial charge in [-0.3, -0.25) is 4.79 Å². The van der Waals surface area contributed by atoms with Crippen LogP contribution in [0.2, 0.25) is 0 Å². The molecule has 0 aromatic rings. The summed E-state index contributed by atoms with van der Waals surface area (Å²) in [5, 5.41) is 0. The van der Waals surface area contributed by atoms with Crippen LogP contribution in [0.5, 0.6) is 0 Å². The summed E-state index contributed by atoms with van der Waals surface area (Å²) in [6, 6.07) is 0. The van der Waals surface area contributed by atoms with Gasteiger partial charge in [-0.25, -0.2) is 0 Å². The third kappa shape index (κ3) is 7.71. The molecule has 0 aromatic heterocycles. The Labute approximate surface area is 156 Å². The van der Waals surface area contributed by atoms with Crippen molar-refractivity contribution in [1.29, 1.82) is 0 Å². The summed E-state index contributed by atoms with van der Waals surface area (Å²) in [6.45, 7) is 4.55. The molecule has 0 N–H and O–H groups in total. The van der Waals surface area contributed by atoms with E-state index < -0.39 is 0 Å². The lowest BCUT2D eigenvalue weighted by Crippen LogP contribution is -2.30. The smallest absolute Gasteiger partial charge is 0.309 e. The van der Waals surface area contributed by atoms with Gasteiger partial charge in [-0.05, 0) is 63.2 Å². The van der Waals surface area contributed by atoms with Crippen molar-refractivity contribution in [2.75, 3.05) is 0 Å². The monoisotopic (exact) mass is 350 g/mol. The fraction of sp³-hybridized carbons (Fsp3) is 0.957. The van der Waals surface area contributed by atoms with Crippen LogP contribution in [-0.4, -0.2) is 12.1 Å². The van der Waals surface area contributed by atoms with Crippen LogP contribution in [-0.2, 0) is 9.53 Å². The van der Waals surface area contributed by atoms with Gasteiger partial charge in [-0.2, -0.15) is 0 Å². The zero-order chi connectivity index (χ0) is 17.9. The number of carbonyl (C=O) groups is 1. The normalized spacial score (nSPS) is 30.2. The van der Waals surface area contributed by atoms with Crippen LogP contribution in [0.25, 0.3) is 0 Å². The Morgan fingerprint density at radius 3 is 1.96 bits per heavy atom. The van der Waals surface area contributed by atoms with Crippen molar-refractivity contribution in [3.05, 3.63) is 0 Å². The van der Waals surface area contributed by atoms with Crippen molar-refractivity contribution in [3.8, 4) is 0 Å². The summed E-state index contributed by atoms with van der Waals surface area (Å²) in [5.41, 5.74) is 0. The van der Waals surface area contributed by atoms with Crippen molar-refractivity contribution >= 4 is 5.97 Å². The highest BCUT2D eigenvalue weighted by atomic mass is 16.5. The number of esters is 1. The van der Waals surface area contributed by atoms with Crippen LogP contribution in [0.15, 0.2) is 0 Å². The minimum absolute atomic E-state index is 0.125. The number of hydrogen-bond acceptors (Lipinski definition) is 2. The van der Waals surface area contributed by atoms with E-state index >= 15 is 0 Å². The molecule has 0 heterocycles. The maximum atomic E-state index is 12.5. The van der Waals surface area contributed by atoms with Crippen molar-refractivity contribution < 1.29 is 9.53 Å². The second kappa shape index (κ2) is 12.0. The van der Waals surface area contributed by atoms with E-state index in [9.17, 15) is 4.79 Å². The van der Waals surface area contributed by atoms with E-state index in [-0.39, 0.29) is 18.0 Å². The van der Waals surface area contributed by atoms with E-state index in [1.807, 2.05) is 0 Å². The number of rotatable bonds is 10. The van der Waals surface area contributed by atoms with Crippen LogP contribution >= 0.6 is 0 Å². The van der Waals surface area contributed by atoms with Crippen LogP contribution in [0.3, 0.4) is 0 Å². The predicted octanol–water partition coefficient (Wildman–Crippen LogP) is 7.06. The summed E-state index contributed by atoms with van der Waals surface area (Å²) in [7, 11) is 0. The molecule has 2 rings (SSSR count). The van der Waals surface area contributed by atoms with Gasteiger partial charge in [0.2, 0.25) is 0 Å². The molecule has 2 saturated carbocycles. The maximum Gasteiger partial charge on any atom is 0.309 e. The molecule has 0 unspecified atom stereocenters. The van der Waals surface area contributed by atoms with Gasteiger partial charge < -0.3 is 4.74 Å². The van der Waals surface area contributed by atoms with Crippen LogP contribution in [0.4, 0.5) is 0 Å². The van der Waals surface area contributed by atoms with Crippen LogP contribution in [0, 0.1) is 17.8 Å². The van der Waals surface area contributed by atoms with E-state index in [0.29, 0.717) is 0 Å². The largest absolute Gasteiger partial charge is 0.462 e. The average molecular weight is 351 g/mol. The Morgan fingerprint density at radius 2 is 1.32 bits per heavy atom. The first-order chi connectivity index (χ1) is 12.2. The Balaban J connectivity index is 1.57. The van der Waals surface area contributed by atoms with E-state index in [2.05, 4.69) is 13.8 Å². The average Bonchev–Trinajstić information content (AvgIpc) is 2.64. The van der Waals surface area contributed by atoms with Crippen molar-refractivity contribution in [2.24, 2.45) is 17.8 Å². The molecule has 2 fully saturated rings. The SMILES string of the molecule is CCCCCCCC1CCC(C(=O)OC2CCC(CCC)CC2)CC1. The molecule has 0 amide bonds. The topological polar surface area (TPSA) is 26.3 Å². The third-order valence-corrected chi connectivity index (χ3v) is 6.67. The molecule has 0 saturated heterocycles. The lowest BCUT2D eigenvalue weighted by Gasteiger charge is -2.31. The molecule has 0 aromatic carbocycles. The van der Waals surface area contributed by atoms with E-state index in [1.165, 1.54) is 77.0 Å². The zero-order valence-electron chi connectivity index (χ0n) is 16.9. The predicted molar refractivity (Wildman–Crippen MR) is 106 cm³/mol. The summed E-state index contributed by atoms with van der Waals surface area (Å²) in [6.07, 6.45) is 20.5. The molecular formula is C23H42O2. The third-order valence-electron chi connectivity index (χ3n) is 6.67. The lowest BCUT2D eigenvalue weighted by molar-refractivity contribution is -0.157. The number of hydrogen-bond donors (Lipinski definition) is 0. The fourth-order valence-electron chi connectivity index (χ4n) is 4.93. The summed E-state index contributed by atoms with van der Waals surface area (Å²) in [4.78, 5) is 12.5. The first-order valence-corrected chi connectivity index (χ1v) is 11.4. The number of carbonyl (C=O) groups excluding carboxylic acids is 1. The lowest BCUT2D eigenvalue weighted by atomic mass is 9.79. The molecule has 25 heavy (non-hydrogen) atoms. The van der Waals surface area contributed by atoms with Crippen LogP contribution < -0.4 is 0 Å². The highest BCUT2D eigenvalue weighted by Crippen LogP contribution is 2.34. The van der Waals surface area contributed by atoms with E-state index in [1.54, 1.807) is 0 Å². The van der Waals surface area contributed by atoms with Gasteiger partial charge in [-0.1, -0.05) is 65.2 Å². The molecule has 0 spiro atoms. The minimum atomic E-state index is 0.125. The highest BCUT2D eigenvalue weighted by molar-refractivity contribution is 5.72. The Hall–Kier alpha value is -0.530. The first kappa shape index (κ1) is 20.8. The van der Waals surface area contributed by atoms with Crippen molar-refractivity contribution in [3.63, 3.8) is 0 Å². The molecule has 146 valence electrons. The second-order valence-corrected chi connectivity index (χ2v) is 8.79. The van der Waals surface area contributed by atoms with Gasteiger partial charge in [0.1, 0.15) is 6.10 Å². The molecule has 0 radical (unpaired) electrons. The van der Waals surface area contributed by atoms with E-state index in [4.69, 9.17) is 4.74 Å². The second-order valence-electron chi connectivity index (χ2n) is 8.79. The quantitative estimate of drug-likeness (QED) is 0.311. The Bertz CT molecular complexity index is 349. The van der Waals surface area contributed by atoms with Gasteiger partial charge in [-0.15, -0.1) is 0 Å². The summed E-state index contributed by atoms with van der Waals surface area (Å²) in [5.74, 6) is 2.08. The van der Waals surface area contributed by atoms with Gasteiger partial charge in [0, 0.05) is 0 Å². The fourth-order valence-corrected chi connectivity index (χ4v) is 4.93. The van der Waals surface area contributed by atoms with Gasteiger partial charge in [0.15, 0.2) is 0 Å². The van der Waals surface area contributed by atoms with Gasteiger partial charge in [0.25, 0.3) is 0 Å². The first-order valence-electron chi connectivity index (χ1n) is 11.4. The Kier molecular flexibility index (Phi) is 9.94. The molecule has 0 aliphatic heterocycles. The number of ether oxygens (including phenoxy) is 1. The maximum absolute atomic E-state index is 12.5. The molecule has 2 nitrogen and oxygen atoms in total. The van der Waals surface area contributed by atoms with Gasteiger partial charge >= 0.3 is 5.97 Å². The molecule has 2 aliphatic rings. The minimum Gasteiger partial charge on any atom is -0.462 e.